The van der Waals surface area contributed by atoms with Crippen LogP contribution in [0.25, 0.3) is 0 Å². The smallest absolute Gasteiger partial charge is 0.264 e. The summed E-state index contributed by atoms with van der Waals surface area (Å²) in [6.07, 6.45) is 0. The number of rotatable bonds is 2. The van der Waals surface area contributed by atoms with Gasteiger partial charge in [-0.2, -0.15) is 12.6 Å². The maximum Gasteiger partial charge on any atom is 0.264 e. The maximum absolute atomic E-state index is 10.3. The average Bonchev–Trinajstić information content (AvgIpc) is 1.99. The van der Waals surface area contributed by atoms with Gasteiger partial charge >= 0.3 is 0 Å². The third kappa shape index (κ3) is 4.16. The van der Waals surface area contributed by atoms with Gasteiger partial charge in [0, 0.05) is 0 Å². The first-order valence-corrected chi connectivity index (χ1v) is 3.13. The standard InChI is InChI=1S/C4H8N2O3S/c7-1-3(8)5-6-4(9)2-10/h7,10H,1-2H2,(H,5,8)(H,6,9). The lowest BCUT2D eigenvalue weighted by Crippen LogP contribution is -2.43. The number of carbonyl (C=O) groups excluding carboxylic acids is 2. The Bertz CT molecular complexity index is 122. The summed E-state index contributed by atoms with van der Waals surface area (Å²) in [7, 11) is 0. The molecule has 0 unspecified atom stereocenters. The fourth-order valence-electron chi connectivity index (χ4n) is 0.218. The van der Waals surface area contributed by atoms with Gasteiger partial charge in [0.25, 0.3) is 5.91 Å². The molecule has 0 atom stereocenters. The van der Waals surface area contributed by atoms with Gasteiger partial charge in [-0.1, -0.05) is 0 Å². The van der Waals surface area contributed by atoms with Crippen LogP contribution in [0.3, 0.4) is 0 Å². The highest BCUT2D eigenvalue weighted by atomic mass is 32.1. The summed E-state index contributed by atoms with van der Waals surface area (Å²) >= 11 is 3.62. The van der Waals surface area contributed by atoms with E-state index in [1.165, 1.54) is 0 Å². The zero-order valence-corrected chi connectivity index (χ0v) is 6.02. The minimum absolute atomic E-state index is 0.00823. The van der Waals surface area contributed by atoms with Crippen LogP contribution in [-0.4, -0.2) is 29.3 Å². The summed E-state index contributed by atoms with van der Waals surface area (Å²) in [5.74, 6) is -1.09. The number of hydrogen-bond acceptors (Lipinski definition) is 4. The van der Waals surface area contributed by atoms with Crippen molar-refractivity contribution < 1.29 is 14.7 Å². The molecule has 0 aliphatic rings. The number of aliphatic hydroxyl groups excluding tert-OH is 1. The number of hydrogen-bond donors (Lipinski definition) is 4. The van der Waals surface area contributed by atoms with Crippen LogP contribution < -0.4 is 10.9 Å². The molecule has 0 radical (unpaired) electrons. The van der Waals surface area contributed by atoms with Crippen LogP contribution in [0, 0.1) is 0 Å². The Morgan fingerprint density at radius 2 is 1.80 bits per heavy atom. The monoisotopic (exact) mass is 164 g/mol. The predicted octanol–water partition coefficient (Wildman–Crippen LogP) is -1.94. The van der Waals surface area contributed by atoms with E-state index in [9.17, 15) is 9.59 Å². The number of hydrazine groups is 1. The normalized spacial score (nSPS) is 8.60. The second-order valence-electron chi connectivity index (χ2n) is 1.41. The summed E-state index contributed by atoms with van der Waals surface area (Å²) in [5.41, 5.74) is 3.95. The number of thiol groups is 1. The van der Waals surface area contributed by atoms with Gasteiger partial charge in [0.1, 0.15) is 6.61 Å². The van der Waals surface area contributed by atoms with E-state index < -0.39 is 18.4 Å². The van der Waals surface area contributed by atoms with Gasteiger partial charge in [-0.25, -0.2) is 0 Å². The molecule has 6 heteroatoms. The first-order valence-electron chi connectivity index (χ1n) is 2.50. The Kier molecular flexibility index (Phi) is 4.69. The van der Waals surface area contributed by atoms with E-state index in [1.54, 1.807) is 0 Å². The predicted molar refractivity (Wildman–Crippen MR) is 37.2 cm³/mol. The summed E-state index contributed by atoms with van der Waals surface area (Å²) in [6.45, 7) is -0.646. The van der Waals surface area contributed by atoms with Crippen molar-refractivity contribution in [2.75, 3.05) is 12.4 Å². The molecule has 0 fully saturated rings. The third-order valence-corrected chi connectivity index (χ3v) is 0.916. The summed E-state index contributed by atoms with van der Waals surface area (Å²) in [5, 5.41) is 8.14. The minimum atomic E-state index is -0.657. The van der Waals surface area contributed by atoms with Crippen LogP contribution in [0.4, 0.5) is 0 Å². The van der Waals surface area contributed by atoms with Crippen molar-refractivity contribution in [3.8, 4) is 0 Å². The number of aliphatic hydroxyl groups is 1. The van der Waals surface area contributed by atoms with E-state index in [-0.39, 0.29) is 5.75 Å². The molecule has 0 heterocycles. The summed E-state index contributed by atoms with van der Waals surface area (Å²) in [6, 6.07) is 0. The molecule has 0 aromatic heterocycles. The van der Waals surface area contributed by atoms with Crippen LogP contribution in [-0.2, 0) is 9.59 Å². The fourth-order valence-corrected chi connectivity index (χ4v) is 0.298. The van der Waals surface area contributed by atoms with Gasteiger partial charge < -0.3 is 5.11 Å². The van der Waals surface area contributed by atoms with Gasteiger partial charge in [0.2, 0.25) is 5.91 Å². The van der Waals surface area contributed by atoms with Crippen molar-refractivity contribution >= 4 is 24.4 Å². The molecule has 0 aliphatic heterocycles. The Morgan fingerprint density at radius 1 is 1.30 bits per heavy atom. The van der Waals surface area contributed by atoms with Gasteiger partial charge in [-0.05, 0) is 0 Å². The first kappa shape index (κ1) is 9.25. The maximum atomic E-state index is 10.3. The topological polar surface area (TPSA) is 78.4 Å². The van der Waals surface area contributed by atoms with Crippen molar-refractivity contribution in [3.63, 3.8) is 0 Å². The molecule has 0 spiro atoms. The molecule has 5 nitrogen and oxygen atoms in total. The molecular weight excluding hydrogens is 156 g/mol. The molecular formula is C4H8N2O3S. The molecule has 0 rings (SSSR count). The number of nitrogens with one attached hydrogen (secondary N) is 2. The Balaban J connectivity index is 3.35. The van der Waals surface area contributed by atoms with Crippen LogP contribution in [0.5, 0.6) is 0 Å². The van der Waals surface area contributed by atoms with Gasteiger partial charge in [0.15, 0.2) is 0 Å². The SMILES string of the molecule is O=C(CO)NNC(=O)CS. The van der Waals surface area contributed by atoms with Gasteiger partial charge in [0.05, 0.1) is 5.75 Å². The molecule has 0 aliphatic carbocycles. The fraction of sp³-hybridized carbons (Fsp3) is 0.500. The zero-order chi connectivity index (χ0) is 7.98. The molecule has 2 amide bonds. The van der Waals surface area contributed by atoms with Gasteiger partial charge in [-0.3, -0.25) is 20.4 Å². The lowest BCUT2D eigenvalue weighted by Gasteiger charge is -2.01. The van der Waals surface area contributed by atoms with E-state index in [0.717, 1.165) is 0 Å². The summed E-state index contributed by atoms with van der Waals surface area (Å²) in [4.78, 5) is 20.6. The second kappa shape index (κ2) is 5.07. The van der Waals surface area contributed by atoms with Crippen molar-refractivity contribution in [2.45, 2.75) is 0 Å². The lowest BCUT2D eigenvalue weighted by atomic mass is 10.7. The average molecular weight is 164 g/mol. The molecule has 0 aromatic carbocycles. The second-order valence-corrected chi connectivity index (χ2v) is 1.73. The highest BCUT2D eigenvalue weighted by Crippen LogP contribution is 1.69. The highest BCUT2D eigenvalue weighted by Gasteiger charge is 1.98. The van der Waals surface area contributed by atoms with Crippen molar-refractivity contribution in [2.24, 2.45) is 0 Å². The summed E-state index contributed by atoms with van der Waals surface area (Å²) < 4.78 is 0. The quantitative estimate of drug-likeness (QED) is 0.283. The minimum Gasteiger partial charge on any atom is -0.386 e. The van der Waals surface area contributed by atoms with Crippen LogP contribution >= 0.6 is 12.6 Å². The van der Waals surface area contributed by atoms with Crippen LogP contribution in [0.1, 0.15) is 0 Å². The number of amides is 2. The Morgan fingerprint density at radius 3 is 2.20 bits per heavy atom. The van der Waals surface area contributed by atoms with Crippen molar-refractivity contribution in [1.29, 1.82) is 0 Å². The highest BCUT2D eigenvalue weighted by molar-refractivity contribution is 7.81. The molecule has 3 N–H and O–H groups in total. The van der Waals surface area contributed by atoms with Crippen molar-refractivity contribution in [1.82, 2.24) is 10.9 Å². The van der Waals surface area contributed by atoms with E-state index in [2.05, 4.69) is 12.6 Å². The molecule has 0 saturated carbocycles. The Hall–Kier alpha value is -0.750. The van der Waals surface area contributed by atoms with Crippen LogP contribution in [0.15, 0.2) is 0 Å². The molecule has 0 bridgehead atoms. The largest absolute Gasteiger partial charge is 0.386 e. The van der Waals surface area contributed by atoms with Crippen LogP contribution in [0.2, 0.25) is 0 Å². The molecule has 0 saturated heterocycles. The van der Waals surface area contributed by atoms with E-state index in [4.69, 9.17) is 5.11 Å². The van der Waals surface area contributed by atoms with Crippen molar-refractivity contribution in [3.05, 3.63) is 0 Å². The third-order valence-electron chi connectivity index (χ3n) is 0.629. The lowest BCUT2D eigenvalue weighted by molar-refractivity contribution is -0.129. The first-order chi connectivity index (χ1) is 4.70. The van der Waals surface area contributed by atoms with E-state index >= 15 is 0 Å². The number of carbonyl (C=O) groups is 2. The Labute approximate surface area is 63.2 Å². The zero-order valence-electron chi connectivity index (χ0n) is 5.13. The van der Waals surface area contributed by atoms with E-state index in [1.807, 2.05) is 10.9 Å². The molecule has 0 aromatic rings. The van der Waals surface area contributed by atoms with Gasteiger partial charge in [-0.15, -0.1) is 0 Å². The van der Waals surface area contributed by atoms with E-state index in [0.29, 0.717) is 0 Å². The molecule has 10 heavy (non-hydrogen) atoms. The molecule has 58 valence electrons.